The number of nitriles is 1. The maximum Gasteiger partial charge on any atom is 0.238 e. The van der Waals surface area contributed by atoms with E-state index in [-0.39, 0.29) is 17.9 Å². The molecular formula is C12H16N2O2. The van der Waals surface area contributed by atoms with Crippen molar-refractivity contribution in [2.45, 2.75) is 26.8 Å². The third kappa shape index (κ3) is 2.86. The molecule has 0 saturated carbocycles. The van der Waals surface area contributed by atoms with E-state index in [1.807, 2.05) is 26.8 Å². The summed E-state index contributed by atoms with van der Waals surface area (Å²) in [7, 11) is 0. The topological polar surface area (TPSA) is 66.0 Å². The van der Waals surface area contributed by atoms with Crippen LogP contribution in [0.3, 0.4) is 0 Å². The molecule has 1 aromatic heterocycles. The number of hydrogen-bond donors (Lipinski definition) is 1. The van der Waals surface area contributed by atoms with Crippen LogP contribution in [0, 0.1) is 23.2 Å². The van der Waals surface area contributed by atoms with Crippen LogP contribution in [0.1, 0.15) is 32.6 Å². The first-order chi connectivity index (χ1) is 7.56. The van der Waals surface area contributed by atoms with E-state index in [0.717, 1.165) is 0 Å². The molecule has 0 bridgehead atoms. The van der Waals surface area contributed by atoms with Gasteiger partial charge in [0.05, 0.1) is 18.4 Å². The maximum atomic E-state index is 11.7. The standard InChI is InChI=1S/C12H16N2O2/c1-8(2)10(7-13)12(15)14-9(3)11-5-4-6-16-11/h4-6,8-10H,1-3H3,(H,14,15). The van der Waals surface area contributed by atoms with Gasteiger partial charge in [-0.15, -0.1) is 0 Å². The van der Waals surface area contributed by atoms with Crippen molar-refractivity contribution < 1.29 is 9.21 Å². The number of hydrogen-bond acceptors (Lipinski definition) is 3. The van der Waals surface area contributed by atoms with Crippen molar-refractivity contribution in [3.05, 3.63) is 24.2 Å². The average Bonchev–Trinajstić information content (AvgIpc) is 2.70. The van der Waals surface area contributed by atoms with Gasteiger partial charge in [0.15, 0.2) is 0 Å². The summed E-state index contributed by atoms with van der Waals surface area (Å²) >= 11 is 0. The van der Waals surface area contributed by atoms with E-state index < -0.39 is 5.92 Å². The van der Waals surface area contributed by atoms with Gasteiger partial charge in [0.1, 0.15) is 11.7 Å². The Hall–Kier alpha value is -1.76. The molecule has 1 rings (SSSR count). The van der Waals surface area contributed by atoms with E-state index in [0.29, 0.717) is 5.76 Å². The zero-order valence-electron chi connectivity index (χ0n) is 9.73. The Balaban J connectivity index is 2.61. The monoisotopic (exact) mass is 220 g/mol. The molecule has 0 aliphatic rings. The Morgan fingerprint density at radius 1 is 1.50 bits per heavy atom. The highest BCUT2D eigenvalue weighted by molar-refractivity contribution is 5.81. The van der Waals surface area contributed by atoms with Crippen LogP contribution < -0.4 is 5.32 Å². The highest BCUT2D eigenvalue weighted by Gasteiger charge is 2.23. The first-order valence-electron chi connectivity index (χ1n) is 5.29. The van der Waals surface area contributed by atoms with Gasteiger partial charge in [0, 0.05) is 0 Å². The average molecular weight is 220 g/mol. The van der Waals surface area contributed by atoms with Gasteiger partial charge in [0.2, 0.25) is 5.91 Å². The lowest BCUT2D eigenvalue weighted by atomic mass is 9.96. The van der Waals surface area contributed by atoms with Crippen LogP contribution in [-0.4, -0.2) is 5.91 Å². The second kappa shape index (κ2) is 5.36. The molecule has 1 N–H and O–H groups in total. The van der Waals surface area contributed by atoms with Gasteiger partial charge >= 0.3 is 0 Å². The molecule has 0 aromatic carbocycles. The molecule has 16 heavy (non-hydrogen) atoms. The summed E-state index contributed by atoms with van der Waals surface area (Å²) in [5, 5.41) is 11.6. The number of nitrogens with one attached hydrogen (secondary N) is 1. The van der Waals surface area contributed by atoms with Gasteiger partial charge in [0.25, 0.3) is 0 Å². The minimum Gasteiger partial charge on any atom is -0.467 e. The largest absolute Gasteiger partial charge is 0.467 e. The van der Waals surface area contributed by atoms with Crippen molar-refractivity contribution in [1.82, 2.24) is 5.32 Å². The van der Waals surface area contributed by atoms with Crippen LogP contribution in [0.2, 0.25) is 0 Å². The minimum absolute atomic E-state index is 0.00815. The van der Waals surface area contributed by atoms with Crippen molar-refractivity contribution in [2.24, 2.45) is 11.8 Å². The summed E-state index contributed by atoms with van der Waals surface area (Å²) in [4.78, 5) is 11.7. The molecule has 1 aromatic rings. The third-order valence-corrected chi connectivity index (χ3v) is 2.42. The van der Waals surface area contributed by atoms with Gasteiger partial charge in [-0.2, -0.15) is 5.26 Å². The third-order valence-electron chi connectivity index (χ3n) is 2.42. The summed E-state index contributed by atoms with van der Waals surface area (Å²) in [5.74, 6) is -0.165. The summed E-state index contributed by atoms with van der Waals surface area (Å²) < 4.78 is 5.17. The van der Waals surface area contributed by atoms with Gasteiger partial charge < -0.3 is 9.73 Å². The van der Waals surface area contributed by atoms with Gasteiger partial charge in [-0.1, -0.05) is 13.8 Å². The van der Waals surface area contributed by atoms with Crippen molar-refractivity contribution >= 4 is 5.91 Å². The fourth-order valence-electron chi connectivity index (χ4n) is 1.42. The van der Waals surface area contributed by atoms with Crippen LogP contribution in [-0.2, 0) is 4.79 Å². The smallest absolute Gasteiger partial charge is 0.238 e. The second-order valence-corrected chi connectivity index (χ2v) is 4.10. The Kier molecular flexibility index (Phi) is 4.12. The number of nitrogens with zero attached hydrogens (tertiary/aromatic N) is 1. The number of furan rings is 1. The fourth-order valence-corrected chi connectivity index (χ4v) is 1.42. The predicted octanol–water partition coefficient (Wildman–Crippen LogP) is 2.25. The van der Waals surface area contributed by atoms with Crippen molar-refractivity contribution in [3.8, 4) is 6.07 Å². The Labute approximate surface area is 95.2 Å². The Bertz CT molecular complexity index is 376. The zero-order valence-corrected chi connectivity index (χ0v) is 9.73. The molecule has 0 fully saturated rings. The summed E-state index contributed by atoms with van der Waals surface area (Å²) in [5.41, 5.74) is 0. The van der Waals surface area contributed by atoms with Crippen molar-refractivity contribution in [3.63, 3.8) is 0 Å². The highest BCUT2D eigenvalue weighted by Crippen LogP contribution is 2.15. The van der Waals surface area contributed by atoms with Crippen LogP contribution >= 0.6 is 0 Å². The molecule has 2 unspecified atom stereocenters. The molecule has 0 radical (unpaired) electrons. The molecule has 1 amide bonds. The lowest BCUT2D eigenvalue weighted by molar-refractivity contribution is -0.125. The van der Waals surface area contributed by atoms with Gasteiger partial charge in [-0.05, 0) is 25.0 Å². The molecule has 0 saturated heterocycles. The molecule has 4 heteroatoms. The molecular weight excluding hydrogens is 204 g/mol. The van der Waals surface area contributed by atoms with Gasteiger partial charge in [-0.25, -0.2) is 0 Å². The van der Waals surface area contributed by atoms with E-state index in [1.54, 1.807) is 18.4 Å². The van der Waals surface area contributed by atoms with E-state index in [2.05, 4.69) is 5.32 Å². The van der Waals surface area contributed by atoms with Crippen LogP contribution in [0.5, 0.6) is 0 Å². The predicted molar refractivity (Wildman–Crippen MR) is 59.2 cm³/mol. The summed E-state index contributed by atoms with van der Waals surface area (Å²) in [6, 6.07) is 5.36. The van der Waals surface area contributed by atoms with Crippen molar-refractivity contribution in [1.29, 1.82) is 5.26 Å². The molecule has 0 aliphatic carbocycles. The van der Waals surface area contributed by atoms with Crippen LogP contribution in [0.15, 0.2) is 22.8 Å². The van der Waals surface area contributed by atoms with Gasteiger partial charge in [-0.3, -0.25) is 4.79 Å². The maximum absolute atomic E-state index is 11.7. The number of carbonyl (C=O) groups excluding carboxylic acids is 1. The quantitative estimate of drug-likeness (QED) is 0.846. The van der Waals surface area contributed by atoms with E-state index in [4.69, 9.17) is 9.68 Å². The van der Waals surface area contributed by atoms with E-state index >= 15 is 0 Å². The van der Waals surface area contributed by atoms with Crippen LogP contribution in [0.25, 0.3) is 0 Å². The number of amides is 1. The zero-order chi connectivity index (χ0) is 12.1. The Morgan fingerprint density at radius 2 is 2.19 bits per heavy atom. The first kappa shape index (κ1) is 12.3. The lowest BCUT2D eigenvalue weighted by Gasteiger charge is -2.16. The highest BCUT2D eigenvalue weighted by atomic mass is 16.3. The first-order valence-corrected chi connectivity index (χ1v) is 5.29. The van der Waals surface area contributed by atoms with E-state index in [1.165, 1.54) is 0 Å². The summed E-state index contributed by atoms with van der Waals surface area (Å²) in [6.07, 6.45) is 1.56. The molecule has 0 spiro atoms. The molecule has 1 heterocycles. The van der Waals surface area contributed by atoms with E-state index in [9.17, 15) is 4.79 Å². The SMILES string of the molecule is CC(NC(=O)C(C#N)C(C)C)c1ccco1. The lowest BCUT2D eigenvalue weighted by Crippen LogP contribution is -2.34. The molecule has 2 atom stereocenters. The van der Waals surface area contributed by atoms with Crippen molar-refractivity contribution in [2.75, 3.05) is 0 Å². The second-order valence-electron chi connectivity index (χ2n) is 4.10. The summed E-state index contributed by atoms with van der Waals surface area (Å²) in [6.45, 7) is 5.53. The number of carbonyl (C=O) groups is 1. The molecule has 0 aliphatic heterocycles. The fraction of sp³-hybridized carbons (Fsp3) is 0.500. The Morgan fingerprint density at radius 3 is 2.62 bits per heavy atom. The number of rotatable bonds is 4. The minimum atomic E-state index is -0.614. The normalized spacial score (nSPS) is 14.2. The molecule has 86 valence electrons. The molecule has 4 nitrogen and oxygen atoms in total. The van der Waals surface area contributed by atoms with Crippen LogP contribution in [0.4, 0.5) is 0 Å².